The predicted molar refractivity (Wildman–Crippen MR) is 69.1 cm³/mol. The van der Waals surface area contributed by atoms with Crippen LogP contribution in [0.5, 0.6) is 0 Å². The zero-order chi connectivity index (χ0) is 13.1. The van der Waals surface area contributed by atoms with Gasteiger partial charge in [0.2, 0.25) is 0 Å². The van der Waals surface area contributed by atoms with Crippen LogP contribution < -0.4 is 16.6 Å². The van der Waals surface area contributed by atoms with Crippen LogP contribution in [0.25, 0.3) is 0 Å². The molecule has 7 nitrogen and oxygen atoms in total. The lowest BCUT2D eigenvalue weighted by atomic mass is 10.1. The summed E-state index contributed by atoms with van der Waals surface area (Å²) in [6, 6.07) is 2.97. The van der Waals surface area contributed by atoms with Crippen molar-refractivity contribution in [3.05, 3.63) is 22.2 Å². The average Bonchev–Trinajstić information content (AvgIpc) is 3.12. The first kappa shape index (κ1) is 12.6. The summed E-state index contributed by atoms with van der Waals surface area (Å²) in [5, 5.41) is 13.9. The Morgan fingerprint density at radius 1 is 1.56 bits per heavy atom. The molecule has 0 aromatic carbocycles. The zero-order valence-corrected chi connectivity index (χ0v) is 10.2. The second-order valence-corrected chi connectivity index (χ2v) is 4.72. The highest BCUT2D eigenvalue weighted by Crippen LogP contribution is 2.34. The van der Waals surface area contributed by atoms with E-state index in [9.17, 15) is 10.1 Å². The van der Waals surface area contributed by atoms with Crippen molar-refractivity contribution in [3.8, 4) is 0 Å². The molecule has 7 heteroatoms. The Kier molecular flexibility index (Phi) is 3.61. The van der Waals surface area contributed by atoms with Gasteiger partial charge in [-0.2, -0.15) is 0 Å². The van der Waals surface area contributed by atoms with Crippen LogP contribution in [-0.4, -0.2) is 15.9 Å². The smallest absolute Gasteiger partial charge is 0.276 e. The molecule has 18 heavy (non-hydrogen) atoms. The number of aromatic nitrogens is 1. The molecule has 0 saturated heterocycles. The Balaban J connectivity index is 2.09. The molecule has 1 aromatic rings. The molecule has 0 aliphatic heterocycles. The highest BCUT2D eigenvalue weighted by molar-refractivity contribution is 5.54. The third kappa shape index (κ3) is 3.30. The Morgan fingerprint density at radius 2 is 2.22 bits per heavy atom. The van der Waals surface area contributed by atoms with E-state index in [2.05, 4.69) is 15.7 Å². The summed E-state index contributed by atoms with van der Waals surface area (Å²) in [7, 11) is 0. The van der Waals surface area contributed by atoms with Gasteiger partial charge >= 0.3 is 0 Å². The summed E-state index contributed by atoms with van der Waals surface area (Å²) in [6.45, 7) is 2.05. The Bertz CT molecular complexity index is 447. The SMILES string of the molecule is CC(CC1CC1)Nc1cc([N+](=O)[O-])cc(NN)n1. The number of anilines is 2. The average molecular weight is 251 g/mol. The van der Waals surface area contributed by atoms with E-state index in [1.54, 1.807) is 0 Å². The van der Waals surface area contributed by atoms with E-state index in [4.69, 9.17) is 5.84 Å². The van der Waals surface area contributed by atoms with Crippen molar-refractivity contribution >= 4 is 17.3 Å². The van der Waals surface area contributed by atoms with Gasteiger partial charge in [-0.3, -0.25) is 10.1 Å². The van der Waals surface area contributed by atoms with Crippen molar-refractivity contribution in [1.29, 1.82) is 0 Å². The fourth-order valence-corrected chi connectivity index (χ4v) is 1.93. The largest absolute Gasteiger partial charge is 0.367 e. The molecular formula is C11H17N5O2. The number of nitrogens with two attached hydrogens (primary N) is 1. The second kappa shape index (κ2) is 5.18. The minimum atomic E-state index is -0.459. The summed E-state index contributed by atoms with van der Waals surface area (Å²) < 4.78 is 0. The molecular weight excluding hydrogens is 234 g/mol. The number of nitrogen functional groups attached to an aromatic ring is 1. The minimum absolute atomic E-state index is 0.0286. The van der Waals surface area contributed by atoms with Crippen LogP contribution >= 0.6 is 0 Å². The molecule has 98 valence electrons. The Morgan fingerprint density at radius 3 is 2.78 bits per heavy atom. The molecule has 4 N–H and O–H groups in total. The van der Waals surface area contributed by atoms with Crippen LogP contribution in [0.4, 0.5) is 17.3 Å². The van der Waals surface area contributed by atoms with Crippen molar-refractivity contribution in [3.63, 3.8) is 0 Å². The van der Waals surface area contributed by atoms with Gasteiger partial charge in [0.15, 0.2) is 0 Å². The molecule has 0 spiro atoms. The molecule has 0 amide bonds. The topological polar surface area (TPSA) is 106 Å². The Labute approximate surface area is 105 Å². The quantitative estimate of drug-likeness (QED) is 0.405. The van der Waals surface area contributed by atoms with Crippen LogP contribution in [0.1, 0.15) is 26.2 Å². The third-order valence-corrected chi connectivity index (χ3v) is 2.95. The summed E-state index contributed by atoms with van der Waals surface area (Å²) in [6.07, 6.45) is 3.63. The van der Waals surface area contributed by atoms with E-state index in [0.29, 0.717) is 5.82 Å². The number of pyridine rings is 1. The van der Waals surface area contributed by atoms with Crippen molar-refractivity contribution in [2.45, 2.75) is 32.2 Å². The molecule has 0 radical (unpaired) electrons. The van der Waals surface area contributed by atoms with Gasteiger partial charge in [-0.05, 0) is 19.3 Å². The van der Waals surface area contributed by atoms with Crippen molar-refractivity contribution in [2.75, 3.05) is 10.7 Å². The number of nitrogens with zero attached hydrogens (tertiary/aromatic N) is 2. The molecule has 1 aliphatic carbocycles. The van der Waals surface area contributed by atoms with Gasteiger partial charge < -0.3 is 10.7 Å². The van der Waals surface area contributed by atoms with E-state index in [1.165, 1.54) is 25.0 Å². The molecule has 2 rings (SSSR count). The fourth-order valence-electron chi connectivity index (χ4n) is 1.93. The van der Waals surface area contributed by atoms with Gasteiger partial charge in [-0.1, -0.05) is 12.8 Å². The number of hydrazine groups is 1. The van der Waals surface area contributed by atoms with Crippen molar-refractivity contribution in [1.82, 2.24) is 4.98 Å². The third-order valence-electron chi connectivity index (χ3n) is 2.95. The molecule has 1 aromatic heterocycles. The molecule has 1 heterocycles. The second-order valence-electron chi connectivity index (χ2n) is 4.72. The van der Waals surface area contributed by atoms with E-state index < -0.39 is 4.92 Å². The van der Waals surface area contributed by atoms with Gasteiger partial charge in [-0.15, -0.1) is 0 Å². The number of hydrogen-bond acceptors (Lipinski definition) is 6. The predicted octanol–water partition coefficient (Wildman–Crippen LogP) is 1.88. The molecule has 1 fully saturated rings. The zero-order valence-electron chi connectivity index (χ0n) is 10.2. The number of rotatable bonds is 6. The molecule has 1 aliphatic rings. The Hall–Kier alpha value is -1.89. The first-order valence-corrected chi connectivity index (χ1v) is 5.98. The van der Waals surface area contributed by atoms with Crippen LogP contribution in [0.2, 0.25) is 0 Å². The molecule has 1 saturated carbocycles. The van der Waals surface area contributed by atoms with E-state index in [0.717, 1.165) is 12.3 Å². The lowest BCUT2D eigenvalue weighted by Gasteiger charge is -2.14. The number of nitrogens with one attached hydrogen (secondary N) is 2. The maximum atomic E-state index is 10.8. The van der Waals surface area contributed by atoms with Crippen LogP contribution in [-0.2, 0) is 0 Å². The number of hydrogen-bond donors (Lipinski definition) is 3. The van der Waals surface area contributed by atoms with Gasteiger partial charge in [0.25, 0.3) is 5.69 Å². The lowest BCUT2D eigenvalue weighted by Crippen LogP contribution is -2.18. The summed E-state index contributed by atoms with van der Waals surface area (Å²) in [4.78, 5) is 14.5. The monoisotopic (exact) mass is 251 g/mol. The summed E-state index contributed by atoms with van der Waals surface area (Å²) in [5.41, 5.74) is 2.30. The molecule has 0 bridgehead atoms. The fraction of sp³-hybridized carbons (Fsp3) is 0.545. The van der Waals surface area contributed by atoms with Crippen LogP contribution in [0, 0.1) is 16.0 Å². The van der Waals surface area contributed by atoms with E-state index >= 15 is 0 Å². The van der Waals surface area contributed by atoms with Crippen LogP contribution in [0.15, 0.2) is 12.1 Å². The standard InChI is InChI=1S/C11H17N5O2/c1-7(4-8-2-3-8)13-10-5-9(16(17)18)6-11(14-10)15-12/h5-8H,2-4,12H2,1H3,(H2,13,14,15). The normalized spacial score (nSPS) is 16.1. The first-order chi connectivity index (χ1) is 8.58. The van der Waals surface area contributed by atoms with Crippen LogP contribution in [0.3, 0.4) is 0 Å². The lowest BCUT2D eigenvalue weighted by molar-refractivity contribution is -0.384. The van der Waals surface area contributed by atoms with Gasteiger partial charge in [0.05, 0.1) is 17.1 Å². The van der Waals surface area contributed by atoms with Crippen molar-refractivity contribution in [2.24, 2.45) is 11.8 Å². The maximum absolute atomic E-state index is 10.8. The summed E-state index contributed by atoms with van der Waals surface area (Å²) in [5.74, 6) is 6.80. The van der Waals surface area contributed by atoms with E-state index in [-0.39, 0.29) is 17.5 Å². The molecule has 1 unspecified atom stereocenters. The van der Waals surface area contributed by atoms with Crippen molar-refractivity contribution < 1.29 is 4.92 Å². The summed E-state index contributed by atoms with van der Waals surface area (Å²) >= 11 is 0. The highest BCUT2D eigenvalue weighted by atomic mass is 16.6. The van der Waals surface area contributed by atoms with E-state index in [1.807, 2.05) is 6.92 Å². The molecule has 1 atom stereocenters. The first-order valence-electron chi connectivity index (χ1n) is 5.98. The highest BCUT2D eigenvalue weighted by Gasteiger charge is 2.24. The maximum Gasteiger partial charge on any atom is 0.276 e. The number of nitro groups is 1. The van der Waals surface area contributed by atoms with Gasteiger partial charge in [0.1, 0.15) is 11.6 Å². The van der Waals surface area contributed by atoms with Gasteiger partial charge in [0, 0.05) is 6.04 Å². The van der Waals surface area contributed by atoms with Gasteiger partial charge in [-0.25, -0.2) is 10.8 Å². The minimum Gasteiger partial charge on any atom is -0.367 e.